The molecule has 3 N–H and O–H groups in total. The van der Waals surface area contributed by atoms with E-state index in [1.807, 2.05) is 0 Å². The zero-order valence-electron chi connectivity index (χ0n) is 51.9. The van der Waals surface area contributed by atoms with Gasteiger partial charge < -0.3 is 33.8 Å². The van der Waals surface area contributed by atoms with Crippen LogP contribution in [-0.4, -0.2) is 96.7 Å². The van der Waals surface area contributed by atoms with Crippen molar-refractivity contribution in [3.8, 4) is 0 Å². The lowest BCUT2D eigenvalue weighted by Crippen LogP contribution is -2.30. The Kier molecular flexibility index (Phi) is 54.6. The number of aliphatic hydroxyl groups is 1. The lowest BCUT2D eigenvalue weighted by Gasteiger charge is -2.21. The number of rotatable bonds is 62. The molecule has 19 heteroatoms. The maximum Gasteiger partial charge on any atom is 0.472 e. The van der Waals surface area contributed by atoms with Crippen LogP contribution in [0.1, 0.15) is 311 Å². The van der Waals surface area contributed by atoms with Crippen LogP contribution in [0.5, 0.6) is 0 Å². The van der Waals surface area contributed by atoms with Gasteiger partial charge in [-0.05, 0) is 31.6 Å². The molecule has 0 aromatic carbocycles. The van der Waals surface area contributed by atoms with E-state index in [0.717, 1.165) is 115 Å². The van der Waals surface area contributed by atoms with Crippen molar-refractivity contribution >= 4 is 39.5 Å². The molecular formula is C62H120O17P2. The van der Waals surface area contributed by atoms with Crippen molar-refractivity contribution < 1.29 is 80.2 Å². The molecule has 0 heterocycles. The minimum atomic E-state index is -4.94. The lowest BCUT2D eigenvalue weighted by molar-refractivity contribution is -0.161. The minimum Gasteiger partial charge on any atom is -0.462 e. The second-order valence-electron chi connectivity index (χ2n) is 22.9. The highest BCUT2D eigenvalue weighted by molar-refractivity contribution is 7.47. The van der Waals surface area contributed by atoms with Gasteiger partial charge in [-0.25, -0.2) is 9.13 Å². The third kappa shape index (κ3) is 56.9. The summed E-state index contributed by atoms with van der Waals surface area (Å²) in [5, 5.41) is 10.5. The number of hydrogen-bond acceptors (Lipinski definition) is 15. The Labute approximate surface area is 492 Å². The monoisotopic (exact) mass is 1200 g/mol. The Morgan fingerprint density at radius 2 is 0.568 bits per heavy atom. The first-order chi connectivity index (χ1) is 39.0. The maximum atomic E-state index is 12.9. The molecule has 0 aliphatic rings. The molecule has 0 radical (unpaired) electrons. The van der Waals surface area contributed by atoms with Crippen LogP contribution in [0.25, 0.3) is 0 Å². The van der Waals surface area contributed by atoms with Gasteiger partial charge in [0.1, 0.15) is 19.3 Å². The van der Waals surface area contributed by atoms with Crippen molar-refractivity contribution in [1.82, 2.24) is 0 Å². The van der Waals surface area contributed by atoms with Gasteiger partial charge in [0.25, 0.3) is 0 Å². The topological polar surface area (TPSA) is 237 Å². The first-order valence-electron chi connectivity index (χ1n) is 32.6. The summed E-state index contributed by atoms with van der Waals surface area (Å²) in [6.45, 7) is 7.12. The summed E-state index contributed by atoms with van der Waals surface area (Å²) >= 11 is 0. The van der Waals surface area contributed by atoms with Crippen molar-refractivity contribution in [2.45, 2.75) is 329 Å². The molecule has 0 aliphatic carbocycles. The largest absolute Gasteiger partial charge is 0.472 e. The Morgan fingerprint density at radius 3 is 0.840 bits per heavy atom. The van der Waals surface area contributed by atoms with Gasteiger partial charge in [-0.3, -0.25) is 37.3 Å². The molecule has 17 nitrogen and oxygen atoms in total. The first-order valence-corrected chi connectivity index (χ1v) is 35.6. The van der Waals surface area contributed by atoms with Crippen LogP contribution < -0.4 is 0 Å². The fourth-order valence-electron chi connectivity index (χ4n) is 9.23. The lowest BCUT2D eigenvalue weighted by atomic mass is 10.0. The third-order valence-electron chi connectivity index (χ3n) is 14.3. The molecule has 0 aromatic heterocycles. The molecule has 0 saturated carbocycles. The van der Waals surface area contributed by atoms with Gasteiger partial charge in [0.15, 0.2) is 12.2 Å². The van der Waals surface area contributed by atoms with Crippen LogP contribution in [0.15, 0.2) is 0 Å². The molecule has 480 valence electrons. The van der Waals surface area contributed by atoms with E-state index in [1.54, 1.807) is 0 Å². The molecule has 2 unspecified atom stereocenters. The van der Waals surface area contributed by atoms with Gasteiger partial charge in [-0.15, -0.1) is 0 Å². The van der Waals surface area contributed by atoms with Gasteiger partial charge in [0, 0.05) is 25.7 Å². The van der Waals surface area contributed by atoms with E-state index in [4.69, 9.17) is 37.0 Å². The van der Waals surface area contributed by atoms with E-state index >= 15 is 0 Å². The average molecular weight is 1200 g/mol. The first kappa shape index (κ1) is 79.1. The van der Waals surface area contributed by atoms with E-state index in [2.05, 4.69) is 34.6 Å². The normalized spacial score (nSPS) is 14.3. The van der Waals surface area contributed by atoms with Gasteiger partial charge in [0.2, 0.25) is 0 Å². The van der Waals surface area contributed by atoms with Crippen molar-refractivity contribution in [3.63, 3.8) is 0 Å². The molecule has 0 saturated heterocycles. The van der Waals surface area contributed by atoms with E-state index in [1.165, 1.54) is 116 Å². The summed E-state index contributed by atoms with van der Waals surface area (Å²) < 4.78 is 67.7. The predicted molar refractivity (Wildman–Crippen MR) is 322 cm³/mol. The van der Waals surface area contributed by atoms with Gasteiger partial charge in [-0.1, -0.05) is 259 Å². The van der Waals surface area contributed by atoms with Crippen LogP contribution >= 0.6 is 15.6 Å². The molecule has 0 spiro atoms. The van der Waals surface area contributed by atoms with Gasteiger partial charge >= 0.3 is 39.5 Å². The second kappa shape index (κ2) is 55.9. The van der Waals surface area contributed by atoms with Crippen LogP contribution in [0, 0.1) is 5.92 Å². The number of phosphoric acid groups is 2. The highest BCUT2D eigenvalue weighted by atomic mass is 31.2. The Bertz CT molecular complexity index is 1580. The molecule has 5 atom stereocenters. The summed E-state index contributed by atoms with van der Waals surface area (Å²) in [4.78, 5) is 71.9. The Hall–Kier alpha value is -1.94. The van der Waals surface area contributed by atoms with E-state index < -0.39 is 97.5 Å². The van der Waals surface area contributed by atoms with E-state index in [0.29, 0.717) is 25.7 Å². The van der Waals surface area contributed by atoms with E-state index in [-0.39, 0.29) is 25.7 Å². The van der Waals surface area contributed by atoms with E-state index in [9.17, 15) is 43.2 Å². The van der Waals surface area contributed by atoms with Crippen LogP contribution in [0.4, 0.5) is 0 Å². The summed E-state index contributed by atoms with van der Waals surface area (Å²) in [7, 11) is -9.87. The summed E-state index contributed by atoms with van der Waals surface area (Å²) in [5.74, 6) is -1.35. The summed E-state index contributed by atoms with van der Waals surface area (Å²) in [6, 6.07) is 0. The number of ether oxygens (including phenoxy) is 4. The van der Waals surface area contributed by atoms with Gasteiger partial charge in [-0.2, -0.15) is 0 Å². The predicted octanol–water partition coefficient (Wildman–Crippen LogP) is 17.0. The molecular weight excluding hydrogens is 1080 g/mol. The SMILES string of the molecule is CCCCCCCCCCC(=O)OC[C@H](COP(=O)(O)OC[C@H](O)COP(=O)(O)OC[C@@H](COC(=O)CCCCCCCCCC)OC(=O)CCCCCCCCCCCCCCCCC(C)C)OC(=O)CCCCCCCCCC. The molecule has 0 fully saturated rings. The zero-order chi connectivity index (χ0) is 59.9. The van der Waals surface area contributed by atoms with Crippen molar-refractivity contribution in [3.05, 3.63) is 0 Å². The van der Waals surface area contributed by atoms with Crippen LogP contribution in [0.2, 0.25) is 0 Å². The van der Waals surface area contributed by atoms with Crippen molar-refractivity contribution in [2.24, 2.45) is 5.92 Å². The number of carbonyl (C=O) groups excluding carboxylic acids is 4. The number of hydrogen-bond donors (Lipinski definition) is 3. The summed E-state index contributed by atoms with van der Waals surface area (Å²) in [6.07, 6.45) is 39.1. The second-order valence-corrected chi connectivity index (χ2v) is 25.8. The summed E-state index contributed by atoms with van der Waals surface area (Å²) in [5.41, 5.74) is 0. The molecule has 0 aromatic rings. The quantitative estimate of drug-likeness (QED) is 0.0222. The smallest absolute Gasteiger partial charge is 0.462 e. The van der Waals surface area contributed by atoms with Crippen molar-refractivity contribution in [1.29, 1.82) is 0 Å². The molecule has 0 aliphatic heterocycles. The average Bonchev–Trinajstić information content (AvgIpc) is 3.44. The fraction of sp³-hybridized carbons (Fsp3) is 0.935. The number of carbonyl (C=O) groups is 4. The molecule has 0 bridgehead atoms. The van der Waals surface area contributed by atoms with Crippen LogP contribution in [0.3, 0.4) is 0 Å². The maximum absolute atomic E-state index is 12.9. The third-order valence-corrected chi connectivity index (χ3v) is 16.2. The van der Waals surface area contributed by atoms with Crippen molar-refractivity contribution in [2.75, 3.05) is 39.6 Å². The fourth-order valence-corrected chi connectivity index (χ4v) is 10.8. The highest BCUT2D eigenvalue weighted by Gasteiger charge is 2.30. The number of unbranched alkanes of at least 4 members (excludes halogenated alkanes) is 34. The Morgan fingerprint density at radius 1 is 0.333 bits per heavy atom. The molecule has 0 rings (SSSR count). The minimum absolute atomic E-state index is 0.105. The standard InChI is InChI=1S/C62H120O17P2/c1-6-9-12-15-18-30-35-40-45-59(64)72-51-57(78-61(66)47-42-37-32-20-17-14-11-8-3)53-76-80(68,69)74-49-56(63)50-75-81(70,71)77-54-58(52-73-60(65)46-41-36-31-19-16-13-10-7-2)79-62(67)48-43-38-33-28-26-24-22-21-23-25-27-29-34-39-44-55(4)5/h55-58,63H,6-54H2,1-5H3,(H,68,69)(H,70,71)/t56-,57+,58+/m0/s1. The number of phosphoric ester groups is 2. The Balaban J connectivity index is 5.14. The highest BCUT2D eigenvalue weighted by Crippen LogP contribution is 2.45. The molecule has 0 amide bonds. The van der Waals surface area contributed by atoms with Gasteiger partial charge in [0.05, 0.1) is 26.4 Å². The van der Waals surface area contributed by atoms with Crippen LogP contribution in [-0.2, 0) is 65.4 Å². The number of aliphatic hydroxyl groups excluding tert-OH is 1. The molecule has 81 heavy (non-hydrogen) atoms. The zero-order valence-corrected chi connectivity index (χ0v) is 53.7. The number of esters is 4.